The molecule has 2 nitrogen and oxygen atoms in total. The van der Waals surface area contributed by atoms with Gasteiger partial charge in [-0.25, -0.2) is 0 Å². The smallest absolute Gasteiger partial charge is 0.00300 e. The first-order chi connectivity index (χ1) is 9.68. The normalized spacial score (nSPS) is 30.3. The third-order valence-corrected chi connectivity index (χ3v) is 5.24. The molecule has 3 aliphatic rings. The van der Waals surface area contributed by atoms with Crippen LogP contribution in [0.25, 0.3) is 0 Å². The summed E-state index contributed by atoms with van der Waals surface area (Å²) in [5.41, 5.74) is 1.05. The van der Waals surface area contributed by atoms with E-state index in [9.17, 15) is 0 Å². The summed E-state index contributed by atoms with van der Waals surface area (Å²) in [6, 6.07) is 0. The zero-order valence-corrected chi connectivity index (χ0v) is 15.3. The average Bonchev–Trinajstić information content (AvgIpc) is 2.86. The molecule has 0 radical (unpaired) electrons. The first-order valence-corrected chi connectivity index (χ1v) is 9.11. The van der Waals surface area contributed by atoms with Crippen LogP contribution in [0.2, 0.25) is 0 Å². The third-order valence-electron chi connectivity index (χ3n) is 5.24. The summed E-state index contributed by atoms with van der Waals surface area (Å²) in [6.45, 7) is 20.6. The Bertz CT molecular complexity index is 308. The highest BCUT2D eigenvalue weighted by atomic mass is 15.1. The molecule has 2 atom stereocenters. The fraction of sp³-hybridized carbons (Fsp3) is 1.00. The Balaban J connectivity index is 0.000000388. The highest BCUT2D eigenvalue weighted by molar-refractivity contribution is 5.07. The van der Waals surface area contributed by atoms with Gasteiger partial charge in [-0.05, 0) is 67.6 Å². The van der Waals surface area contributed by atoms with Crippen LogP contribution in [0.15, 0.2) is 0 Å². The number of hydrogen-bond donors (Lipinski definition) is 1. The zero-order chi connectivity index (χ0) is 15.7. The SMILES string of the molecule is C.C.CC(C)(C)C1C2CNCC21.CC(C)(C)CN1CCCCC1. The quantitative estimate of drug-likeness (QED) is 0.704. The minimum Gasteiger partial charge on any atom is -0.316 e. The van der Waals surface area contributed by atoms with Crippen LogP contribution in [0.3, 0.4) is 0 Å². The molecule has 140 valence electrons. The van der Waals surface area contributed by atoms with Crippen molar-refractivity contribution in [2.75, 3.05) is 32.7 Å². The molecule has 1 aliphatic carbocycles. The van der Waals surface area contributed by atoms with E-state index >= 15 is 0 Å². The van der Waals surface area contributed by atoms with Gasteiger partial charge < -0.3 is 10.2 Å². The van der Waals surface area contributed by atoms with Crippen LogP contribution in [0.4, 0.5) is 0 Å². The Morgan fingerprint density at radius 2 is 1.30 bits per heavy atom. The second-order valence-electron chi connectivity index (χ2n) is 9.78. The van der Waals surface area contributed by atoms with Gasteiger partial charge in [-0.3, -0.25) is 0 Å². The fourth-order valence-corrected chi connectivity index (χ4v) is 4.49. The molecule has 0 aromatic rings. The third kappa shape index (κ3) is 7.13. The van der Waals surface area contributed by atoms with Crippen LogP contribution in [0, 0.1) is 28.6 Å². The van der Waals surface area contributed by atoms with Gasteiger partial charge in [-0.15, -0.1) is 0 Å². The van der Waals surface area contributed by atoms with Crippen LogP contribution in [-0.4, -0.2) is 37.6 Å². The first kappa shape index (κ1) is 22.9. The summed E-state index contributed by atoms with van der Waals surface area (Å²) in [5, 5.41) is 3.42. The largest absolute Gasteiger partial charge is 0.316 e. The number of nitrogens with zero attached hydrogens (tertiary/aromatic N) is 1. The molecule has 0 aromatic heterocycles. The van der Waals surface area contributed by atoms with Crippen molar-refractivity contribution in [3.63, 3.8) is 0 Å². The predicted octanol–water partition coefficient (Wildman–Crippen LogP) is 5.29. The summed E-state index contributed by atoms with van der Waals surface area (Å²) >= 11 is 0. The van der Waals surface area contributed by atoms with E-state index in [2.05, 4.69) is 51.8 Å². The molecule has 0 spiro atoms. The predicted molar refractivity (Wildman–Crippen MR) is 106 cm³/mol. The molecule has 0 amide bonds. The van der Waals surface area contributed by atoms with Crippen molar-refractivity contribution in [2.24, 2.45) is 28.6 Å². The molecule has 2 aliphatic heterocycles. The van der Waals surface area contributed by atoms with Gasteiger partial charge in [0.05, 0.1) is 0 Å². The van der Waals surface area contributed by atoms with E-state index in [-0.39, 0.29) is 14.9 Å². The van der Waals surface area contributed by atoms with Gasteiger partial charge in [0.25, 0.3) is 0 Å². The van der Waals surface area contributed by atoms with Crippen LogP contribution >= 0.6 is 0 Å². The minimum atomic E-state index is 0. The summed E-state index contributed by atoms with van der Waals surface area (Å²) < 4.78 is 0. The van der Waals surface area contributed by atoms with Crippen LogP contribution in [-0.2, 0) is 0 Å². The highest BCUT2D eigenvalue weighted by Gasteiger charge is 2.57. The lowest BCUT2D eigenvalue weighted by Gasteiger charge is -2.32. The van der Waals surface area contributed by atoms with E-state index in [1.165, 1.54) is 52.0 Å². The molecule has 0 bridgehead atoms. The lowest BCUT2D eigenvalue weighted by Crippen LogP contribution is -2.36. The summed E-state index contributed by atoms with van der Waals surface area (Å²) in [4.78, 5) is 2.60. The lowest BCUT2D eigenvalue weighted by molar-refractivity contribution is 0.164. The summed E-state index contributed by atoms with van der Waals surface area (Å²) in [5.74, 6) is 3.08. The monoisotopic (exact) mass is 326 g/mol. The molecular formula is C21H46N2. The molecule has 1 saturated carbocycles. The molecule has 0 aromatic carbocycles. The standard InChI is InChI=1S/C10H21N.C9H17N.2CH4/c1-10(2,3)9-11-7-5-4-6-8-11;1-9(2,3)8-6-4-10-5-7(6)8;;/h4-9H2,1-3H3;6-8,10H,4-5H2,1-3H3;2*1H4. The van der Waals surface area contributed by atoms with Crippen LogP contribution in [0.1, 0.15) is 75.7 Å². The van der Waals surface area contributed by atoms with E-state index in [0.29, 0.717) is 10.8 Å². The van der Waals surface area contributed by atoms with Crippen molar-refractivity contribution in [3.05, 3.63) is 0 Å². The van der Waals surface area contributed by atoms with Crippen molar-refractivity contribution >= 4 is 0 Å². The maximum Gasteiger partial charge on any atom is 0.00300 e. The van der Waals surface area contributed by atoms with E-state index < -0.39 is 0 Å². The maximum atomic E-state index is 3.42. The lowest BCUT2D eigenvalue weighted by atomic mass is 9.87. The highest BCUT2D eigenvalue weighted by Crippen LogP contribution is 2.57. The number of nitrogens with one attached hydrogen (secondary N) is 1. The van der Waals surface area contributed by atoms with E-state index in [1.807, 2.05) is 0 Å². The van der Waals surface area contributed by atoms with Crippen molar-refractivity contribution in [1.82, 2.24) is 10.2 Å². The summed E-state index contributed by atoms with van der Waals surface area (Å²) in [6.07, 6.45) is 4.27. The van der Waals surface area contributed by atoms with Crippen molar-refractivity contribution < 1.29 is 0 Å². The number of piperidine rings is 2. The first-order valence-electron chi connectivity index (χ1n) is 9.11. The van der Waals surface area contributed by atoms with E-state index in [1.54, 1.807) is 0 Å². The van der Waals surface area contributed by atoms with Gasteiger partial charge in [0.1, 0.15) is 0 Å². The van der Waals surface area contributed by atoms with Gasteiger partial charge in [-0.1, -0.05) is 62.8 Å². The Hall–Kier alpha value is -0.0800. The van der Waals surface area contributed by atoms with Crippen molar-refractivity contribution in [2.45, 2.75) is 75.7 Å². The second-order valence-corrected chi connectivity index (χ2v) is 9.78. The van der Waals surface area contributed by atoms with E-state index in [4.69, 9.17) is 0 Å². The van der Waals surface area contributed by atoms with Gasteiger partial charge in [-0.2, -0.15) is 0 Å². The Morgan fingerprint density at radius 3 is 1.65 bits per heavy atom. The zero-order valence-electron chi connectivity index (χ0n) is 15.3. The van der Waals surface area contributed by atoms with Gasteiger partial charge >= 0.3 is 0 Å². The van der Waals surface area contributed by atoms with Crippen molar-refractivity contribution in [3.8, 4) is 0 Å². The Kier molecular flexibility index (Phi) is 8.82. The fourth-order valence-electron chi connectivity index (χ4n) is 4.49. The summed E-state index contributed by atoms with van der Waals surface area (Å²) in [7, 11) is 0. The Labute approximate surface area is 147 Å². The second kappa shape index (κ2) is 8.85. The number of hydrogen-bond acceptors (Lipinski definition) is 2. The molecule has 3 rings (SSSR count). The molecule has 2 heteroatoms. The van der Waals surface area contributed by atoms with Crippen molar-refractivity contribution in [1.29, 1.82) is 0 Å². The molecular weight excluding hydrogens is 280 g/mol. The number of rotatable bonds is 1. The molecule has 1 N–H and O–H groups in total. The molecule has 3 fully saturated rings. The Morgan fingerprint density at radius 1 is 0.826 bits per heavy atom. The number of fused-ring (bicyclic) bond motifs is 1. The van der Waals surface area contributed by atoms with Gasteiger partial charge in [0.15, 0.2) is 0 Å². The molecule has 2 heterocycles. The average molecular weight is 327 g/mol. The molecule has 23 heavy (non-hydrogen) atoms. The maximum absolute atomic E-state index is 3.42. The van der Waals surface area contributed by atoms with Crippen LogP contribution in [0.5, 0.6) is 0 Å². The molecule has 2 saturated heterocycles. The van der Waals surface area contributed by atoms with Gasteiger partial charge in [0, 0.05) is 6.54 Å². The number of likely N-dealkylation sites (tertiary alicyclic amines) is 1. The molecule has 2 unspecified atom stereocenters. The minimum absolute atomic E-state index is 0. The van der Waals surface area contributed by atoms with Gasteiger partial charge in [0.2, 0.25) is 0 Å². The van der Waals surface area contributed by atoms with Crippen LogP contribution < -0.4 is 5.32 Å². The van der Waals surface area contributed by atoms with E-state index in [0.717, 1.165) is 17.8 Å². The topological polar surface area (TPSA) is 15.3 Å².